The molecule has 0 aliphatic heterocycles. The van der Waals surface area contributed by atoms with E-state index in [0.29, 0.717) is 0 Å². The molecule has 0 bridgehead atoms. The van der Waals surface area contributed by atoms with E-state index in [9.17, 15) is 0 Å². The molecule has 1 aliphatic rings. The van der Waals surface area contributed by atoms with Gasteiger partial charge in [-0.3, -0.25) is 4.98 Å². The van der Waals surface area contributed by atoms with Crippen LogP contribution in [0.5, 0.6) is 0 Å². The van der Waals surface area contributed by atoms with Crippen LogP contribution in [0.3, 0.4) is 0 Å². The maximum Gasteiger partial charge on any atom is 0.142 e. The molecule has 233 valence electrons. The van der Waals surface area contributed by atoms with Crippen LogP contribution in [0.15, 0.2) is 83.7 Å². The van der Waals surface area contributed by atoms with Crippen molar-refractivity contribution in [3.8, 4) is 22.5 Å². The average Bonchev–Trinajstić information content (AvgIpc) is 3.42. The molecule has 1 radical (unpaired) electrons. The fourth-order valence-corrected chi connectivity index (χ4v) is 7.99. The fourth-order valence-electron chi connectivity index (χ4n) is 6.40. The number of rotatable bonds is 5. The van der Waals surface area contributed by atoms with Crippen LogP contribution in [-0.4, -0.2) is 23.0 Å². The number of furan rings is 1. The Kier molecular flexibility index (Phi) is 10.5. The fraction of sp³-hybridized carbons (Fsp3) is 0.308. The first kappa shape index (κ1) is 32.9. The molecule has 4 aromatic heterocycles. The minimum Gasteiger partial charge on any atom is -0.499 e. The summed E-state index contributed by atoms with van der Waals surface area (Å²) in [5.41, 5.74) is 9.24. The van der Waals surface area contributed by atoms with Crippen molar-refractivity contribution in [2.45, 2.75) is 72.0 Å². The van der Waals surface area contributed by atoms with Crippen molar-refractivity contribution >= 4 is 35.2 Å². The number of pyridine rings is 3. The molecule has 6 heteroatoms. The number of nitrogens with zero attached hydrogens (tertiary/aromatic N) is 3. The van der Waals surface area contributed by atoms with E-state index in [1.165, 1.54) is 44.1 Å². The zero-order chi connectivity index (χ0) is 30.7. The number of hydrogen-bond acceptors (Lipinski definition) is 4. The monoisotopic (exact) mass is 788 g/mol. The van der Waals surface area contributed by atoms with Crippen LogP contribution < -0.4 is 5.19 Å². The van der Waals surface area contributed by atoms with E-state index in [0.717, 1.165) is 56.1 Å². The first-order chi connectivity index (χ1) is 21.3. The molecule has 4 nitrogen and oxygen atoms in total. The van der Waals surface area contributed by atoms with E-state index >= 15 is 0 Å². The van der Waals surface area contributed by atoms with Gasteiger partial charge in [0.2, 0.25) is 0 Å². The Balaban J connectivity index is 0.000000174. The Hall–Kier alpha value is -3.44. The van der Waals surface area contributed by atoms with Crippen LogP contribution in [0.25, 0.3) is 44.5 Å². The summed E-state index contributed by atoms with van der Waals surface area (Å²) in [5.74, 6) is 0.869. The van der Waals surface area contributed by atoms with Gasteiger partial charge < -0.3 is 14.4 Å². The summed E-state index contributed by atoms with van der Waals surface area (Å²) in [4.78, 5) is 13.5. The Morgan fingerprint density at radius 2 is 1.58 bits per heavy atom. The van der Waals surface area contributed by atoms with Crippen molar-refractivity contribution in [3.05, 3.63) is 108 Å². The average molecular weight is 788 g/mol. The summed E-state index contributed by atoms with van der Waals surface area (Å²) in [6.45, 7) is 11.3. The Morgan fingerprint density at radius 3 is 2.31 bits per heavy atom. The Bertz CT molecular complexity index is 1890. The molecule has 0 N–H and O–H groups in total. The maximum absolute atomic E-state index is 6.07. The number of hydrogen-bond donors (Lipinski definition) is 0. The van der Waals surface area contributed by atoms with E-state index < -0.39 is 8.07 Å². The summed E-state index contributed by atoms with van der Waals surface area (Å²) in [7, 11) is -1.36. The predicted octanol–water partition coefficient (Wildman–Crippen LogP) is 9.67. The van der Waals surface area contributed by atoms with Crippen molar-refractivity contribution in [2.75, 3.05) is 0 Å². The zero-order valence-electron chi connectivity index (χ0n) is 26.9. The van der Waals surface area contributed by atoms with Crippen LogP contribution in [0.4, 0.5) is 0 Å². The quantitative estimate of drug-likeness (QED) is 0.129. The van der Waals surface area contributed by atoms with Gasteiger partial charge in [0.05, 0.1) is 19.4 Å². The number of fused-ring (bicyclic) bond motifs is 3. The third-order valence-corrected chi connectivity index (χ3v) is 10.8. The number of aromatic nitrogens is 3. The third-order valence-electron chi connectivity index (χ3n) is 8.71. The third kappa shape index (κ3) is 7.52. The molecule has 1 saturated carbocycles. The first-order valence-corrected chi connectivity index (χ1v) is 19.4. The maximum atomic E-state index is 6.07. The van der Waals surface area contributed by atoms with Crippen LogP contribution in [0.1, 0.15) is 48.9 Å². The van der Waals surface area contributed by atoms with Crippen molar-refractivity contribution in [1.82, 2.24) is 15.0 Å². The van der Waals surface area contributed by atoms with Crippen LogP contribution in [0.2, 0.25) is 19.6 Å². The largest absolute Gasteiger partial charge is 0.499 e. The second-order valence-corrected chi connectivity index (χ2v) is 18.2. The molecule has 1 fully saturated rings. The molecule has 7 rings (SSSR count). The van der Waals surface area contributed by atoms with Crippen molar-refractivity contribution in [2.24, 2.45) is 5.92 Å². The standard InChI is InChI=1S/C21H28NSi.C18H13N2O.Ir/c1-23(2,3)21-16-22-20(18-12-8-5-9-13-18)15-19(21)14-17-10-6-4-7-11-17;1-11-6-8-20-16(10-11)15-5-3-4-13-14-7-9-19-12(2)17(14)21-18(13)15;/h5,8-9,12,15-17H,4,6-7,10-11,14H2,1-3H3;3-4,6-10H,1-2H3;/q2*-1;. The summed E-state index contributed by atoms with van der Waals surface area (Å²) in [6.07, 6.45) is 14.1. The molecule has 0 spiro atoms. The van der Waals surface area contributed by atoms with Crippen molar-refractivity contribution in [3.63, 3.8) is 0 Å². The van der Waals surface area contributed by atoms with Crippen LogP contribution >= 0.6 is 0 Å². The molecular weight excluding hydrogens is 747 g/mol. The van der Waals surface area contributed by atoms with E-state index in [4.69, 9.17) is 9.40 Å². The first-order valence-electron chi connectivity index (χ1n) is 15.9. The van der Waals surface area contributed by atoms with Gasteiger partial charge in [-0.25, -0.2) is 0 Å². The smallest absolute Gasteiger partial charge is 0.142 e. The predicted molar refractivity (Wildman–Crippen MR) is 185 cm³/mol. The molecule has 0 atom stereocenters. The van der Waals surface area contributed by atoms with Gasteiger partial charge in [0.25, 0.3) is 0 Å². The van der Waals surface area contributed by atoms with E-state index in [2.05, 4.69) is 73.1 Å². The van der Waals surface area contributed by atoms with Crippen LogP contribution in [-0.2, 0) is 26.5 Å². The van der Waals surface area contributed by atoms with E-state index in [1.54, 1.807) is 10.8 Å². The minimum absolute atomic E-state index is 0. The van der Waals surface area contributed by atoms with Gasteiger partial charge in [0.1, 0.15) is 5.58 Å². The number of benzene rings is 2. The summed E-state index contributed by atoms with van der Waals surface area (Å²) < 4.78 is 6.07. The SMILES string of the molecule is C[Si](C)(C)c1cnc(-c2[c-]cccc2)cc1CC1CCCCC1.Cc1ccnc(-c2[c-]ccc3c2oc2c(C)nccc23)c1.[Ir]. The molecule has 0 saturated heterocycles. The van der Waals surface area contributed by atoms with Gasteiger partial charge in [0.15, 0.2) is 0 Å². The summed E-state index contributed by atoms with van der Waals surface area (Å²) in [6, 6.07) is 27.1. The van der Waals surface area contributed by atoms with Gasteiger partial charge in [-0.05, 0) is 54.9 Å². The topological polar surface area (TPSA) is 51.8 Å². The molecule has 4 heterocycles. The summed E-state index contributed by atoms with van der Waals surface area (Å²) in [5, 5.41) is 3.70. The molecule has 0 amide bonds. The molecule has 2 aromatic carbocycles. The molecule has 45 heavy (non-hydrogen) atoms. The molecule has 6 aromatic rings. The van der Waals surface area contributed by atoms with Gasteiger partial charge in [0, 0.05) is 44.1 Å². The molecule has 0 unspecified atom stereocenters. The van der Waals surface area contributed by atoms with Crippen molar-refractivity contribution < 1.29 is 24.5 Å². The number of aryl methyl sites for hydroxylation is 2. The van der Waals surface area contributed by atoms with Gasteiger partial charge in [-0.15, -0.1) is 54.1 Å². The van der Waals surface area contributed by atoms with Crippen LogP contribution in [0, 0.1) is 31.9 Å². The van der Waals surface area contributed by atoms with Gasteiger partial charge in [-0.2, -0.15) is 0 Å². The Labute approximate surface area is 282 Å². The van der Waals surface area contributed by atoms with E-state index in [1.807, 2.05) is 61.8 Å². The van der Waals surface area contributed by atoms with Gasteiger partial charge in [-0.1, -0.05) is 86.0 Å². The summed E-state index contributed by atoms with van der Waals surface area (Å²) >= 11 is 0. The van der Waals surface area contributed by atoms with Crippen molar-refractivity contribution in [1.29, 1.82) is 0 Å². The normalized spacial score (nSPS) is 13.7. The van der Waals surface area contributed by atoms with E-state index in [-0.39, 0.29) is 20.1 Å². The molecule has 1 aliphatic carbocycles. The second kappa shape index (κ2) is 14.3. The van der Waals surface area contributed by atoms with Gasteiger partial charge >= 0.3 is 0 Å². The zero-order valence-corrected chi connectivity index (χ0v) is 30.3. The molecular formula is C39H41IrN3OSi-2. The Morgan fingerprint density at radius 1 is 0.800 bits per heavy atom. The minimum atomic E-state index is -1.36. The second-order valence-electron chi connectivity index (χ2n) is 13.2.